The normalized spacial score (nSPS) is 14.4. The molecule has 0 unspecified atom stereocenters. The monoisotopic (exact) mass is 440 g/mol. The van der Waals surface area contributed by atoms with Crippen LogP contribution in [0.4, 0.5) is 5.69 Å². The number of aromatic nitrogens is 2. The van der Waals surface area contributed by atoms with Crippen molar-refractivity contribution in [1.82, 2.24) is 15.1 Å². The summed E-state index contributed by atoms with van der Waals surface area (Å²) in [5.74, 6) is 1.39. The first-order chi connectivity index (χ1) is 13.0. The molecule has 0 radical (unpaired) electrons. The second-order valence-corrected chi connectivity index (χ2v) is 10.1. The summed E-state index contributed by atoms with van der Waals surface area (Å²) in [6.07, 6.45) is 0. The van der Waals surface area contributed by atoms with E-state index in [0.717, 1.165) is 56.9 Å². The number of piperazine rings is 1. The fourth-order valence-corrected chi connectivity index (χ4v) is 5.55. The van der Waals surface area contributed by atoms with Gasteiger partial charge in [-0.05, 0) is 25.1 Å². The minimum absolute atomic E-state index is 0.150. The Morgan fingerprint density at radius 2 is 1.85 bits per heavy atom. The Hall–Kier alpha value is -1.22. The Labute approximate surface area is 177 Å². The molecule has 144 valence electrons. The van der Waals surface area contributed by atoms with Crippen molar-refractivity contribution in [2.24, 2.45) is 0 Å². The highest BCUT2D eigenvalue weighted by Crippen LogP contribution is 2.29. The molecule has 0 spiro atoms. The topological polar surface area (TPSA) is 49.3 Å². The smallest absolute Gasteiger partial charge is 0.233 e. The van der Waals surface area contributed by atoms with Crippen LogP contribution in [0.2, 0.25) is 5.02 Å². The zero-order valence-corrected chi connectivity index (χ0v) is 18.3. The lowest BCUT2D eigenvalue weighted by Crippen LogP contribution is -2.49. The molecule has 0 saturated carbocycles. The average molecular weight is 441 g/mol. The molecular weight excluding hydrogens is 420 g/mol. The van der Waals surface area contributed by atoms with E-state index in [9.17, 15) is 4.79 Å². The van der Waals surface area contributed by atoms with E-state index >= 15 is 0 Å². The molecule has 1 aliphatic heterocycles. The van der Waals surface area contributed by atoms with Crippen molar-refractivity contribution in [1.29, 1.82) is 0 Å². The standard InChI is InChI=1S/C18H21ClN4OS3/c1-13(2)11-25-17-20-21-18(27-17)26-12-16(24)23-8-6-22(7-9-23)15-5-3-4-14(19)10-15/h3-5,10H,1,6-9,11-12H2,2H3. The van der Waals surface area contributed by atoms with Crippen molar-refractivity contribution < 1.29 is 4.79 Å². The van der Waals surface area contributed by atoms with Crippen LogP contribution in [0.3, 0.4) is 0 Å². The number of thioether (sulfide) groups is 2. The largest absolute Gasteiger partial charge is 0.368 e. The molecular formula is C18H21ClN4OS3. The van der Waals surface area contributed by atoms with Gasteiger partial charge in [0.15, 0.2) is 8.68 Å². The fraction of sp³-hybridized carbons (Fsp3) is 0.389. The lowest BCUT2D eigenvalue weighted by molar-refractivity contribution is -0.128. The SMILES string of the molecule is C=C(C)CSc1nnc(SCC(=O)N2CCN(c3cccc(Cl)c3)CC2)s1. The van der Waals surface area contributed by atoms with Crippen LogP contribution >= 0.6 is 46.5 Å². The summed E-state index contributed by atoms with van der Waals surface area (Å²) in [4.78, 5) is 16.7. The molecule has 2 aromatic rings. The fourth-order valence-electron chi connectivity index (χ4n) is 2.60. The maximum Gasteiger partial charge on any atom is 0.233 e. The number of halogens is 1. The summed E-state index contributed by atoms with van der Waals surface area (Å²) in [6, 6.07) is 7.85. The molecule has 1 amide bonds. The third-order valence-electron chi connectivity index (χ3n) is 3.95. The van der Waals surface area contributed by atoms with Gasteiger partial charge in [-0.2, -0.15) is 0 Å². The first-order valence-corrected chi connectivity index (χ1v) is 11.7. The number of benzene rings is 1. The summed E-state index contributed by atoms with van der Waals surface area (Å²) >= 11 is 10.7. The second kappa shape index (κ2) is 9.82. The van der Waals surface area contributed by atoms with Gasteiger partial charge in [0, 0.05) is 42.6 Å². The Bertz CT molecular complexity index is 805. The van der Waals surface area contributed by atoms with Crippen molar-refractivity contribution in [3.8, 4) is 0 Å². The third-order valence-corrected chi connectivity index (χ3v) is 7.60. The Kier molecular flexibility index (Phi) is 7.46. The number of nitrogens with zero attached hydrogens (tertiary/aromatic N) is 4. The number of anilines is 1. The molecule has 1 fully saturated rings. The van der Waals surface area contributed by atoms with E-state index in [4.69, 9.17) is 11.6 Å². The van der Waals surface area contributed by atoms with Crippen molar-refractivity contribution >= 4 is 58.1 Å². The van der Waals surface area contributed by atoms with Gasteiger partial charge in [0.05, 0.1) is 5.75 Å². The van der Waals surface area contributed by atoms with E-state index in [1.165, 1.54) is 23.1 Å². The molecule has 5 nitrogen and oxygen atoms in total. The molecule has 1 aromatic carbocycles. The minimum atomic E-state index is 0.150. The summed E-state index contributed by atoms with van der Waals surface area (Å²) < 4.78 is 1.76. The summed E-state index contributed by atoms with van der Waals surface area (Å²) in [7, 11) is 0. The predicted molar refractivity (Wildman–Crippen MR) is 116 cm³/mol. The van der Waals surface area contributed by atoms with Crippen LogP contribution < -0.4 is 4.90 Å². The van der Waals surface area contributed by atoms with Crippen molar-refractivity contribution in [2.75, 3.05) is 42.6 Å². The van der Waals surface area contributed by atoms with E-state index in [2.05, 4.69) is 27.7 Å². The van der Waals surface area contributed by atoms with E-state index in [0.29, 0.717) is 5.75 Å². The summed E-state index contributed by atoms with van der Waals surface area (Å²) in [5, 5.41) is 9.05. The van der Waals surface area contributed by atoms with Gasteiger partial charge in [-0.1, -0.05) is 64.7 Å². The Balaban J connectivity index is 1.44. The van der Waals surface area contributed by atoms with Gasteiger partial charge in [-0.3, -0.25) is 4.79 Å². The molecule has 0 atom stereocenters. The molecule has 1 aliphatic rings. The van der Waals surface area contributed by atoms with Crippen LogP contribution in [0, 0.1) is 0 Å². The Morgan fingerprint density at radius 3 is 2.48 bits per heavy atom. The molecule has 27 heavy (non-hydrogen) atoms. The van der Waals surface area contributed by atoms with Crippen LogP contribution in [0.5, 0.6) is 0 Å². The summed E-state index contributed by atoms with van der Waals surface area (Å²) in [5.41, 5.74) is 2.22. The molecule has 0 bridgehead atoms. The van der Waals surface area contributed by atoms with Crippen LogP contribution in [0.15, 0.2) is 45.1 Å². The number of carbonyl (C=O) groups excluding carboxylic acids is 1. The first kappa shape index (κ1) is 20.5. The van der Waals surface area contributed by atoms with Crippen LogP contribution in [0.1, 0.15) is 6.92 Å². The van der Waals surface area contributed by atoms with E-state index in [1.54, 1.807) is 11.8 Å². The molecule has 0 N–H and O–H groups in total. The maximum atomic E-state index is 12.5. The van der Waals surface area contributed by atoms with Gasteiger partial charge in [0.1, 0.15) is 0 Å². The number of hydrogen-bond acceptors (Lipinski definition) is 7. The molecule has 2 heterocycles. The van der Waals surface area contributed by atoms with Gasteiger partial charge in [0.2, 0.25) is 5.91 Å². The van der Waals surface area contributed by atoms with E-state index in [1.807, 2.05) is 30.0 Å². The number of rotatable bonds is 7. The zero-order chi connectivity index (χ0) is 19.2. The second-order valence-electron chi connectivity index (χ2n) is 6.22. The predicted octanol–water partition coefficient (Wildman–Crippen LogP) is 4.30. The highest BCUT2D eigenvalue weighted by atomic mass is 35.5. The van der Waals surface area contributed by atoms with Crippen LogP contribution in [0.25, 0.3) is 0 Å². The lowest BCUT2D eigenvalue weighted by Gasteiger charge is -2.36. The van der Waals surface area contributed by atoms with Crippen molar-refractivity contribution in [2.45, 2.75) is 15.6 Å². The zero-order valence-electron chi connectivity index (χ0n) is 15.1. The Morgan fingerprint density at radius 1 is 1.19 bits per heavy atom. The van der Waals surface area contributed by atoms with Gasteiger partial charge in [-0.25, -0.2) is 0 Å². The molecule has 1 aromatic heterocycles. The van der Waals surface area contributed by atoms with Crippen LogP contribution in [-0.2, 0) is 4.79 Å². The quantitative estimate of drug-likeness (QED) is 0.472. The van der Waals surface area contributed by atoms with Gasteiger partial charge < -0.3 is 9.80 Å². The maximum absolute atomic E-state index is 12.5. The van der Waals surface area contributed by atoms with Crippen LogP contribution in [-0.4, -0.2) is 58.7 Å². The van der Waals surface area contributed by atoms with Gasteiger partial charge in [-0.15, -0.1) is 10.2 Å². The number of amides is 1. The highest BCUT2D eigenvalue weighted by Gasteiger charge is 2.22. The van der Waals surface area contributed by atoms with Gasteiger partial charge in [0.25, 0.3) is 0 Å². The van der Waals surface area contributed by atoms with Gasteiger partial charge >= 0.3 is 0 Å². The first-order valence-electron chi connectivity index (χ1n) is 8.53. The van der Waals surface area contributed by atoms with Crippen molar-refractivity contribution in [3.63, 3.8) is 0 Å². The number of carbonyl (C=O) groups is 1. The van der Waals surface area contributed by atoms with E-state index < -0.39 is 0 Å². The minimum Gasteiger partial charge on any atom is -0.368 e. The molecule has 3 rings (SSSR count). The van der Waals surface area contributed by atoms with E-state index in [-0.39, 0.29) is 5.91 Å². The molecule has 0 aliphatic carbocycles. The lowest BCUT2D eigenvalue weighted by atomic mass is 10.2. The van der Waals surface area contributed by atoms with Crippen molar-refractivity contribution in [3.05, 3.63) is 41.4 Å². The summed E-state index contributed by atoms with van der Waals surface area (Å²) in [6.45, 7) is 8.96. The average Bonchev–Trinajstić information content (AvgIpc) is 3.12. The molecule has 9 heteroatoms. The molecule has 1 saturated heterocycles. The third kappa shape index (κ3) is 6.14. The highest BCUT2D eigenvalue weighted by molar-refractivity contribution is 8.03. The number of hydrogen-bond donors (Lipinski definition) is 0.